The Hall–Kier alpha value is -1.17. The first-order valence-electron chi connectivity index (χ1n) is 9.33. The van der Waals surface area contributed by atoms with Gasteiger partial charge in [-0.3, -0.25) is 4.90 Å². The fourth-order valence-corrected chi connectivity index (χ4v) is 4.12. The van der Waals surface area contributed by atoms with E-state index in [0.29, 0.717) is 16.1 Å². The van der Waals surface area contributed by atoms with Crippen LogP contribution in [0.4, 0.5) is 10.5 Å². The molecule has 144 valence electrons. The molecular weight excluding hydrogens is 371 g/mol. The van der Waals surface area contributed by atoms with Crippen molar-refractivity contribution in [3.05, 3.63) is 28.2 Å². The van der Waals surface area contributed by atoms with Crippen molar-refractivity contribution in [1.29, 1.82) is 0 Å². The van der Waals surface area contributed by atoms with Crippen LogP contribution in [0.2, 0.25) is 10.0 Å². The Labute approximate surface area is 166 Å². The Morgan fingerprint density at radius 2 is 1.88 bits per heavy atom. The largest absolute Gasteiger partial charge is 0.368 e. The summed E-state index contributed by atoms with van der Waals surface area (Å²) in [6, 6.07) is 6.20. The van der Waals surface area contributed by atoms with Crippen molar-refractivity contribution in [3.8, 4) is 0 Å². The van der Waals surface area contributed by atoms with Crippen LogP contribution in [0.15, 0.2) is 18.2 Å². The van der Waals surface area contributed by atoms with Gasteiger partial charge in [0.05, 0.1) is 15.7 Å². The third kappa shape index (κ3) is 4.76. The zero-order chi connectivity index (χ0) is 18.7. The average Bonchev–Trinajstić information content (AvgIpc) is 2.59. The number of benzene rings is 1. The number of carbonyl (C=O) groups excluding carboxylic acids is 1. The first-order valence-corrected chi connectivity index (χ1v) is 10.1. The lowest BCUT2D eigenvalue weighted by atomic mass is 9.78. The van der Waals surface area contributed by atoms with E-state index in [1.165, 1.54) is 6.42 Å². The van der Waals surface area contributed by atoms with Gasteiger partial charge in [0.2, 0.25) is 0 Å². The SMILES string of the molecule is CN(C)C(=O)NC1CC(CCN2CCN(c3cccc(Cl)c3Cl)CC2)C1. The average molecular weight is 399 g/mol. The van der Waals surface area contributed by atoms with Gasteiger partial charge < -0.3 is 15.1 Å². The van der Waals surface area contributed by atoms with E-state index < -0.39 is 0 Å². The molecule has 0 bridgehead atoms. The van der Waals surface area contributed by atoms with Gasteiger partial charge in [0.15, 0.2) is 0 Å². The van der Waals surface area contributed by atoms with Gasteiger partial charge in [0.1, 0.15) is 0 Å². The van der Waals surface area contributed by atoms with Crippen molar-refractivity contribution in [2.24, 2.45) is 5.92 Å². The molecule has 1 aromatic rings. The number of hydrogen-bond acceptors (Lipinski definition) is 3. The molecule has 0 spiro atoms. The zero-order valence-electron chi connectivity index (χ0n) is 15.5. The quantitative estimate of drug-likeness (QED) is 0.823. The molecule has 26 heavy (non-hydrogen) atoms. The Bertz CT molecular complexity index is 626. The normalized spacial score (nSPS) is 23.5. The van der Waals surface area contributed by atoms with Crippen molar-refractivity contribution in [3.63, 3.8) is 0 Å². The molecule has 7 heteroatoms. The molecule has 3 rings (SSSR count). The van der Waals surface area contributed by atoms with Crippen LogP contribution in [0.3, 0.4) is 0 Å². The van der Waals surface area contributed by atoms with Gasteiger partial charge in [-0.25, -0.2) is 4.79 Å². The maximum Gasteiger partial charge on any atom is 0.317 e. The summed E-state index contributed by atoms with van der Waals surface area (Å²) in [6.07, 6.45) is 3.43. The van der Waals surface area contributed by atoms with Crippen molar-refractivity contribution < 1.29 is 4.79 Å². The monoisotopic (exact) mass is 398 g/mol. The van der Waals surface area contributed by atoms with Gasteiger partial charge in [-0.05, 0) is 43.9 Å². The molecule has 1 saturated heterocycles. The molecule has 2 fully saturated rings. The van der Waals surface area contributed by atoms with Crippen LogP contribution in [0, 0.1) is 5.92 Å². The number of carbonyl (C=O) groups is 1. The molecular formula is C19H28Cl2N4O. The molecule has 2 aliphatic rings. The molecule has 1 N–H and O–H groups in total. The summed E-state index contributed by atoms with van der Waals surface area (Å²) in [4.78, 5) is 18.1. The Morgan fingerprint density at radius 1 is 1.19 bits per heavy atom. The topological polar surface area (TPSA) is 38.8 Å². The lowest BCUT2D eigenvalue weighted by molar-refractivity contribution is 0.162. The van der Waals surface area contributed by atoms with Crippen molar-refractivity contribution in [2.75, 3.05) is 51.7 Å². The summed E-state index contributed by atoms with van der Waals surface area (Å²) in [5, 5.41) is 4.33. The van der Waals surface area contributed by atoms with Crippen molar-refractivity contribution in [1.82, 2.24) is 15.1 Å². The molecule has 5 nitrogen and oxygen atoms in total. The Kier molecular flexibility index (Phi) is 6.54. The second kappa shape index (κ2) is 8.68. The number of nitrogens with one attached hydrogen (secondary N) is 1. The maximum absolute atomic E-state index is 11.6. The van der Waals surface area contributed by atoms with Gasteiger partial charge in [0, 0.05) is 46.3 Å². The van der Waals surface area contributed by atoms with Crippen LogP contribution in [0.25, 0.3) is 0 Å². The number of urea groups is 1. The number of hydrogen-bond donors (Lipinski definition) is 1. The van der Waals surface area contributed by atoms with E-state index in [1.54, 1.807) is 19.0 Å². The highest BCUT2D eigenvalue weighted by molar-refractivity contribution is 6.43. The molecule has 1 aliphatic heterocycles. The van der Waals surface area contributed by atoms with Crippen LogP contribution in [-0.2, 0) is 0 Å². The molecule has 0 radical (unpaired) electrons. The summed E-state index contributed by atoms with van der Waals surface area (Å²) < 4.78 is 0. The van der Waals surface area contributed by atoms with Crippen molar-refractivity contribution >= 4 is 34.9 Å². The van der Waals surface area contributed by atoms with Gasteiger partial charge in [-0.15, -0.1) is 0 Å². The zero-order valence-corrected chi connectivity index (χ0v) is 17.1. The van der Waals surface area contributed by atoms with E-state index in [2.05, 4.69) is 15.1 Å². The second-order valence-corrected chi connectivity index (χ2v) is 8.35. The van der Waals surface area contributed by atoms with Crippen LogP contribution in [0.5, 0.6) is 0 Å². The van der Waals surface area contributed by atoms with Crippen molar-refractivity contribution in [2.45, 2.75) is 25.3 Å². The Morgan fingerprint density at radius 3 is 2.54 bits per heavy atom. The number of rotatable bonds is 5. The highest BCUT2D eigenvalue weighted by atomic mass is 35.5. The summed E-state index contributed by atoms with van der Waals surface area (Å²) in [6.45, 7) is 5.20. The van der Waals surface area contributed by atoms with Crippen LogP contribution < -0.4 is 10.2 Å². The number of halogens is 2. The van der Waals surface area contributed by atoms with E-state index >= 15 is 0 Å². The molecule has 0 aromatic heterocycles. The summed E-state index contributed by atoms with van der Waals surface area (Å²) in [7, 11) is 3.56. The van der Waals surface area contributed by atoms with E-state index in [9.17, 15) is 4.79 Å². The maximum atomic E-state index is 11.6. The molecule has 1 aromatic carbocycles. The molecule has 0 unspecified atom stereocenters. The van der Waals surface area contributed by atoms with Gasteiger partial charge in [-0.1, -0.05) is 29.3 Å². The minimum atomic E-state index is 0.0178. The molecule has 1 aliphatic carbocycles. The third-order valence-corrected chi connectivity index (χ3v) is 6.28. The summed E-state index contributed by atoms with van der Waals surface area (Å²) >= 11 is 12.5. The molecule has 1 heterocycles. The molecule has 1 saturated carbocycles. The fraction of sp³-hybridized carbons (Fsp3) is 0.632. The predicted molar refractivity (Wildman–Crippen MR) is 108 cm³/mol. The Balaban J connectivity index is 1.35. The predicted octanol–water partition coefficient (Wildman–Crippen LogP) is 3.56. The van der Waals surface area contributed by atoms with Crippen LogP contribution in [0.1, 0.15) is 19.3 Å². The number of amides is 2. The third-order valence-electron chi connectivity index (χ3n) is 5.47. The smallest absolute Gasteiger partial charge is 0.317 e. The lowest BCUT2D eigenvalue weighted by Gasteiger charge is -2.40. The first kappa shape index (κ1) is 19.6. The highest BCUT2D eigenvalue weighted by Gasteiger charge is 2.31. The number of piperazine rings is 1. The van der Waals surface area contributed by atoms with E-state index in [1.807, 2.05) is 18.2 Å². The van der Waals surface area contributed by atoms with Crippen LogP contribution in [-0.4, -0.2) is 68.7 Å². The standard InChI is InChI=1S/C19H28Cl2N4O/c1-23(2)19(26)22-15-12-14(13-15)6-7-24-8-10-25(11-9-24)17-5-3-4-16(20)18(17)21/h3-5,14-15H,6-13H2,1-2H3,(H,22,26). The summed E-state index contributed by atoms with van der Waals surface area (Å²) in [5.74, 6) is 0.739. The minimum absolute atomic E-state index is 0.0178. The van der Waals surface area contributed by atoms with E-state index in [0.717, 1.165) is 57.2 Å². The number of anilines is 1. The van der Waals surface area contributed by atoms with Gasteiger partial charge in [0.25, 0.3) is 0 Å². The van der Waals surface area contributed by atoms with E-state index in [-0.39, 0.29) is 6.03 Å². The van der Waals surface area contributed by atoms with Gasteiger partial charge >= 0.3 is 6.03 Å². The highest BCUT2D eigenvalue weighted by Crippen LogP contribution is 2.33. The molecule has 0 atom stereocenters. The lowest BCUT2D eigenvalue weighted by Crippen LogP contribution is -2.49. The fourth-order valence-electron chi connectivity index (χ4n) is 3.71. The molecule has 2 amide bonds. The first-order chi connectivity index (χ1) is 12.4. The van der Waals surface area contributed by atoms with Gasteiger partial charge in [-0.2, -0.15) is 0 Å². The second-order valence-electron chi connectivity index (χ2n) is 7.57. The number of nitrogens with zero attached hydrogens (tertiary/aromatic N) is 3. The van der Waals surface area contributed by atoms with Crippen LogP contribution >= 0.6 is 23.2 Å². The minimum Gasteiger partial charge on any atom is -0.368 e. The summed E-state index contributed by atoms with van der Waals surface area (Å²) in [5.41, 5.74) is 1.04. The van der Waals surface area contributed by atoms with E-state index in [4.69, 9.17) is 23.2 Å².